The third-order valence-corrected chi connectivity index (χ3v) is 5.93. The van der Waals surface area contributed by atoms with Crippen molar-refractivity contribution in [2.24, 2.45) is 12.0 Å². The van der Waals surface area contributed by atoms with Crippen LogP contribution in [0.15, 0.2) is 47.5 Å². The lowest BCUT2D eigenvalue weighted by atomic mass is 10.1. The van der Waals surface area contributed by atoms with Gasteiger partial charge in [0.15, 0.2) is 4.80 Å². The van der Waals surface area contributed by atoms with Crippen molar-refractivity contribution in [2.75, 3.05) is 7.11 Å². The van der Waals surface area contributed by atoms with Gasteiger partial charge in [-0.15, -0.1) is 11.3 Å². The van der Waals surface area contributed by atoms with Crippen molar-refractivity contribution in [3.63, 3.8) is 0 Å². The van der Waals surface area contributed by atoms with E-state index in [9.17, 15) is 4.79 Å². The van der Waals surface area contributed by atoms with Gasteiger partial charge in [-0.1, -0.05) is 24.6 Å². The molecular weight excluding hydrogens is 380 g/mol. The van der Waals surface area contributed by atoms with Gasteiger partial charge in [-0.3, -0.25) is 4.79 Å². The second-order valence-corrected chi connectivity index (χ2v) is 7.67. The summed E-state index contributed by atoms with van der Waals surface area (Å²) in [7, 11) is 3.58. The van der Waals surface area contributed by atoms with Gasteiger partial charge >= 0.3 is 0 Å². The standard InChI is InChI=1S/C21H21ClN2O2S/c1-5-18-19(14-7-9-15(26-4)10-8-14)24(3)21(27-18)23-20(25)16-11-6-13(2)12-17(16)22/h6-12H,5H2,1-4H3. The zero-order valence-corrected chi connectivity index (χ0v) is 17.3. The number of nitrogens with zero attached hydrogens (tertiary/aromatic N) is 2. The highest BCUT2D eigenvalue weighted by molar-refractivity contribution is 7.09. The molecule has 0 aliphatic carbocycles. The molecule has 27 heavy (non-hydrogen) atoms. The first-order valence-electron chi connectivity index (χ1n) is 8.63. The topological polar surface area (TPSA) is 43.6 Å². The second kappa shape index (κ2) is 8.11. The molecule has 1 heterocycles. The van der Waals surface area contributed by atoms with E-state index in [1.807, 2.05) is 48.9 Å². The molecule has 0 unspecified atom stereocenters. The van der Waals surface area contributed by atoms with Crippen molar-refractivity contribution in [1.29, 1.82) is 0 Å². The van der Waals surface area contributed by atoms with Crippen LogP contribution in [0, 0.1) is 6.92 Å². The Hall–Kier alpha value is -2.37. The van der Waals surface area contributed by atoms with Crippen LogP contribution in [0.5, 0.6) is 5.75 Å². The number of aromatic nitrogens is 1. The lowest BCUT2D eigenvalue weighted by molar-refractivity contribution is 0.0998. The van der Waals surface area contributed by atoms with Gasteiger partial charge in [-0.05, 0) is 60.9 Å². The Kier molecular flexibility index (Phi) is 5.82. The number of benzene rings is 2. The van der Waals surface area contributed by atoms with Crippen LogP contribution in [-0.2, 0) is 13.5 Å². The molecule has 0 saturated carbocycles. The number of methoxy groups -OCH3 is 1. The van der Waals surface area contributed by atoms with Crippen molar-refractivity contribution < 1.29 is 9.53 Å². The maximum Gasteiger partial charge on any atom is 0.281 e. The van der Waals surface area contributed by atoms with Crippen LogP contribution in [0.1, 0.15) is 27.7 Å². The minimum Gasteiger partial charge on any atom is -0.497 e. The Balaban J connectivity index is 2.07. The van der Waals surface area contributed by atoms with Crippen LogP contribution in [0.4, 0.5) is 0 Å². The summed E-state index contributed by atoms with van der Waals surface area (Å²) in [5.41, 5.74) is 3.55. The highest BCUT2D eigenvalue weighted by Crippen LogP contribution is 2.27. The predicted octanol–water partition coefficient (Wildman–Crippen LogP) is 5.03. The Morgan fingerprint density at radius 1 is 1.22 bits per heavy atom. The van der Waals surface area contributed by atoms with E-state index in [2.05, 4.69) is 11.9 Å². The summed E-state index contributed by atoms with van der Waals surface area (Å²) in [4.78, 5) is 18.8. The van der Waals surface area contributed by atoms with Crippen LogP contribution < -0.4 is 9.54 Å². The molecule has 0 saturated heterocycles. The monoisotopic (exact) mass is 400 g/mol. The average molecular weight is 401 g/mol. The highest BCUT2D eigenvalue weighted by atomic mass is 35.5. The van der Waals surface area contributed by atoms with E-state index in [4.69, 9.17) is 16.3 Å². The minimum atomic E-state index is -0.333. The third kappa shape index (κ3) is 3.99. The maximum atomic E-state index is 12.7. The molecule has 3 rings (SSSR count). The Bertz CT molecular complexity index is 1050. The molecule has 0 N–H and O–H groups in total. The molecule has 140 valence electrons. The number of halogens is 1. The summed E-state index contributed by atoms with van der Waals surface area (Å²) >= 11 is 7.75. The van der Waals surface area contributed by atoms with Crippen molar-refractivity contribution in [1.82, 2.24) is 4.57 Å². The lowest BCUT2D eigenvalue weighted by Gasteiger charge is -2.07. The summed E-state index contributed by atoms with van der Waals surface area (Å²) < 4.78 is 7.20. The average Bonchev–Trinajstić information content (AvgIpc) is 2.97. The molecule has 0 spiro atoms. The quantitative estimate of drug-likeness (QED) is 0.616. The third-order valence-electron chi connectivity index (χ3n) is 4.34. The molecule has 3 aromatic rings. The lowest BCUT2D eigenvalue weighted by Crippen LogP contribution is -2.14. The van der Waals surface area contributed by atoms with Gasteiger partial charge in [0.05, 0.1) is 23.4 Å². The molecule has 0 atom stereocenters. The number of hydrogen-bond donors (Lipinski definition) is 0. The molecule has 0 radical (unpaired) electrons. The molecule has 0 aliphatic heterocycles. The number of aryl methyl sites for hydroxylation is 2. The fourth-order valence-electron chi connectivity index (χ4n) is 2.89. The number of hydrogen-bond acceptors (Lipinski definition) is 3. The van der Waals surface area contributed by atoms with E-state index in [1.165, 1.54) is 16.2 Å². The number of amides is 1. The molecule has 0 fully saturated rings. The molecule has 0 aliphatic rings. The number of ether oxygens (including phenoxy) is 1. The van der Waals surface area contributed by atoms with Crippen LogP contribution >= 0.6 is 22.9 Å². The summed E-state index contributed by atoms with van der Waals surface area (Å²) in [6.45, 7) is 4.03. The van der Waals surface area contributed by atoms with Crippen LogP contribution in [0.3, 0.4) is 0 Å². The van der Waals surface area contributed by atoms with Crippen LogP contribution in [0.2, 0.25) is 5.02 Å². The van der Waals surface area contributed by atoms with Gasteiger partial charge in [-0.25, -0.2) is 0 Å². The van der Waals surface area contributed by atoms with Crippen molar-refractivity contribution in [2.45, 2.75) is 20.3 Å². The number of rotatable bonds is 4. The fraction of sp³-hybridized carbons (Fsp3) is 0.238. The van der Waals surface area contributed by atoms with E-state index >= 15 is 0 Å². The van der Waals surface area contributed by atoms with Crippen molar-refractivity contribution in [3.8, 4) is 17.0 Å². The van der Waals surface area contributed by atoms with Crippen LogP contribution in [-0.4, -0.2) is 17.6 Å². The first-order chi connectivity index (χ1) is 12.9. The van der Waals surface area contributed by atoms with Gasteiger partial charge in [0.1, 0.15) is 5.75 Å². The largest absolute Gasteiger partial charge is 0.497 e. The van der Waals surface area contributed by atoms with E-state index in [-0.39, 0.29) is 5.91 Å². The molecule has 0 bridgehead atoms. The molecule has 1 amide bonds. The zero-order chi connectivity index (χ0) is 19.6. The molecule has 1 aromatic heterocycles. The number of carbonyl (C=O) groups is 1. The van der Waals surface area contributed by atoms with Gasteiger partial charge in [0.25, 0.3) is 5.91 Å². The summed E-state index contributed by atoms with van der Waals surface area (Å²) in [6.07, 6.45) is 0.856. The molecule has 6 heteroatoms. The first kappa shape index (κ1) is 19.4. The SMILES string of the molecule is CCc1sc(=NC(=O)c2ccc(C)cc2Cl)n(C)c1-c1ccc(OC)cc1. The smallest absolute Gasteiger partial charge is 0.281 e. The van der Waals surface area contributed by atoms with E-state index in [1.54, 1.807) is 19.2 Å². The van der Waals surface area contributed by atoms with E-state index in [0.29, 0.717) is 15.4 Å². The molecule has 2 aromatic carbocycles. The highest BCUT2D eigenvalue weighted by Gasteiger charge is 2.15. The summed E-state index contributed by atoms with van der Waals surface area (Å²) in [5.74, 6) is 0.476. The fourth-order valence-corrected chi connectivity index (χ4v) is 4.28. The second-order valence-electron chi connectivity index (χ2n) is 6.20. The van der Waals surface area contributed by atoms with E-state index < -0.39 is 0 Å². The normalized spacial score (nSPS) is 11.7. The minimum absolute atomic E-state index is 0.333. The van der Waals surface area contributed by atoms with Crippen LogP contribution in [0.25, 0.3) is 11.3 Å². The zero-order valence-electron chi connectivity index (χ0n) is 15.7. The summed E-state index contributed by atoms with van der Waals surface area (Å²) in [6, 6.07) is 13.3. The number of carbonyl (C=O) groups excluding carboxylic acids is 1. The first-order valence-corrected chi connectivity index (χ1v) is 9.82. The Morgan fingerprint density at radius 3 is 2.52 bits per heavy atom. The number of thiazole rings is 1. The maximum absolute atomic E-state index is 12.7. The van der Waals surface area contributed by atoms with E-state index in [0.717, 1.165) is 29.0 Å². The van der Waals surface area contributed by atoms with Crippen molar-refractivity contribution >= 4 is 28.8 Å². The Morgan fingerprint density at radius 2 is 1.93 bits per heavy atom. The molecular formula is C21H21ClN2O2S. The Labute approximate surface area is 167 Å². The van der Waals surface area contributed by atoms with Gasteiger partial charge in [0, 0.05) is 11.9 Å². The molecule has 4 nitrogen and oxygen atoms in total. The van der Waals surface area contributed by atoms with Gasteiger partial charge < -0.3 is 9.30 Å². The van der Waals surface area contributed by atoms with Gasteiger partial charge in [-0.2, -0.15) is 4.99 Å². The van der Waals surface area contributed by atoms with Gasteiger partial charge in [0.2, 0.25) is 0 Å². The van der Waals surface area contributed by atoms with Crippen molar-refractivity contribution in [3.05, 3.63) is 68.3 Å². The predicted molar refractivity (Wildman–Crippen MR) is 111 cm³/mol. The summed E-state index contributed by atoms with van der Waals surface area (Å²) in [5, 5.41) is 0.425.